The molecule has 1 amide bonds. The van der Waals surface area contributed by atoms with Gasteiger partial charge in [-0.2, -0.15) is 5.10 Å². The van der Waals surface area contributed by atoms with Crippen molar-refractivity contribution in [1.29, 1.82) is 0 Å². The van der Waals surface area contributed by atoms with E-state index in [0.29, 0.717) is 17.9 Å². The smallest absolute Gasteiger partial charge is 0.211 e. The molecule has 0 aliphatic heterocycles. The number of fused-ring (bicyclic) bond motifs is 1. The fourth-order valence-electron chi connectivity index (χ4n) is 1.73. The molecule has 2 aromatic heterocycles. The van der Waals surface area contributed by atoms with E-state index >= 15 is 0 Å². The van der Waals surface area contributed by atoms with Crippen LogP contribution in [0.1, 0.15) is 0 Å². The Hall–Kier alpha value is -2.63. The van der Waals surface area contributed by atoms with Crippen molar-refractivity contribution in [3.8, 4) is 11.4 Å². The Balaban J connectivity index is 2.18. The van der Waals surface area contributed by atoms with Crippen LogP contribution in [0.3, 0.4) is 0 Å². The molecule has 0 unspecified atom stereocenters. The standard InChI is InChI=1S/C11H9N5O/c17-6-12-8-2-1-3-9-10(8)16-11(15-9)7-4-13-14-5-7/h1-6H,(H,12,17)(H,13,14)(H,15,16). The Kier molecular flexibility index (Phi) is 2.11. The van der Waals surface area contributed by atoms with Crippen molar-refractivity contribution in [1.82, 2.24) is 20.2 Å². The maximum atomic E-state index is 10.5. The van der Waals surface area contributed by atoms with Gasteiger partial charge in [0.1, 0.15) is 11.3 Å². The third kappa shape index (κ3) is 1.55. The number of para-hydroxylation sites is 1. The van der Waals surface area contributed by atoms with Gasteiger partial charge in [-0.25, -0.2) is 4.98 Å². The van der Waals surface area contributed by atoms with Gasteiger partial charge in [-0.1, -0.05) is 6.07 Å². The van der Waals surface area contributed by atoms with Gasteiger partial charge in [0.05, 0.1) is 23.0 Å². The van der Waals surface area contributed by atoms with E-state index in [9.17, 15) is 4.79 Å². The summed E-state index contributed by atoms with van der Waals surface area (Å²) in [4.78, 5) is 18.1. The number of aromatic amines is 2. The Morgan fingerprint density at radius 1 is 1.35 bits per heavy atom. The number of nitrogens with one attached hydrogen (secondary N) is 3. The van der Waals surface area contributed by atoms with Gasteiger partial charge in [0.2, 0.25) is 6.41 Å². The van der Waals surface area contributed by atoms with E-state index in [-0.39, 0.29) is 0 Å². The maximum Gasteiger partial charge on any atom is 0.211 e. The average molecular weight is 227 g/mol. The molecule has 0 fully saturated rings. The predicted molar refractivity (Wildman–Crippen MR) is 63.4 cm³/mol. The summed E-state index contributed by atoms with van der Waals surface area (Å²) >= 11 is 0. The molecule has 84 valence electrons. The number of carbonyl (C=O) groups is 1. The molecule has 0 aliphatic rings. The van der Waals surface area contributed by atoms with E-state index in [1.54, 1.807) is 18.5 Å². The van der Waals surface area contributed by atoms with Gasteiger partial charge in [-0.05, 0) is 12.1 Å². The van der Waals surface area contributed by atoms with Crippen molar-refractivity contribution in [3.63, 3.8) is 0 Å². The molecule has 0 aliphatic carbocycles. The van der Waals surface area contributed by atoms with E-state index < -0.39 is 0 Å². The number of anilines is 1. The highest BCUT2D eigenvalue weighted by atomic mass is 16.1. The summed E-state index contributed by atoms with van der Waals surface area (Å²) in [6.07, 6.45) is 4.08. The fraction of sp³-hybridized carbons (Fsp3) is 0. The molecule has 3 rings (SSSR count). The van der Waals surface area contributed by atoms with Crippen LogP contribution in [-0.2, 0) is 4.79 Å². The van der Waals surface area contributed by atoms with E-state index in [2.05, 4.69) is 25.5 Å². The molecule has 6 nitrogen and oxygen atoms in total. The SMILES string of the molecule is O=CNc1cccc2[nH]c(-c3cn[nH]c3)nc12. The van der Waals surface area contributed by atoms with E-state index in [4.69, 9.17) is 0 Å². The molecule has 17 heavy (non-hydrogen) atoms. The number of rotatable bonds is 3. The van der Waals surface area contributed by atoms with Gasteiger partial charge in [0, 0.05) is 6.20 Å². The van der Waals surface area contributed by atoms with Crippen molar-refractivity contribution in [3.05, 3.63) is 30.6 Å². The summed E-state index contributed by atoms with van der Waals surface area (Å²) in [7, 11) is 0. The quantitative estimate of drug-likeness (QED) is 0.593. The lowest BCUT2D eigenvalue weighted by atomic mass is 10.3. The molecule has 0 saturated heterocycles. The lowest BCUT2D eigenvalue weighted by molar-refractivity contribution is -0.105. The molecule has 1 aromatic carbocycles. The second-order valence-electron chi connectivity index (χ2n) is 3.54. The predicted octanol–water partition coefficient (Wildman–Crippen LogP) is 1.52. The molecule has 0 spiro atoms. The van der Waals surface area contributed by atoms with Crippen molar-refractivity contribution < 1.29 is 4.79 Å². The lowest BCUT2D eigenvalue weighted by Gasteiger charge is -1.97. The highest BCUT2D eigenvalue weighted by molar-refractivity contribution is 5.94. The van der Waals surface area contributed by atoms with Crippen LogP contribution < -0.4 is 5.32 Å². The first-order chi connectivity index (χ1) is 8.38. The van der Waals surface area contributed by atoms with Crippen molar-refractivity contribution in [2.45, 2.75) is 0 Å². The van der Waals surface area contributed by atoms with Gasteiger partial charge in [0.25, 0.3) is 0 Å². The number of nitrogens with zero attached hydrogens (tertiary/aromatic N) is 2. The Morgan fingerprint density at radius 2 is 2.29 bits per heavy atom. The van der Waals surface area contributed by atoms with Crippen molar-refractivity contribution in [2.24, 2.45) is 0 Å². The monoisotopic (exact) mass is 227 g/mol. The number of hydrogen-bond acceptors (Lipinski definition) is 3. The minimum Gasteiger partial charge on any atom is -0.338 e. The van der Waals surface area contributed by atoms with E-state index in [1.165, 1.54) is 0 Å². The third-order valence-corrected chi connectivity index (χ3v) is 2.50. The molecule has 2 heterocycles. The minimum absolute atomic E-state index is 0.640. The second-order valence-corrected chi connectivity index (χ2v) is 3.54. The van der Waals surface area contributed by atoms with Crippen LogP contribution in [0.25, 0.3) is 22.4 Å². The van der Waals surface area contributed by atoms with Gasteiger partial charge >= 0.3 is 0 Å². The topological polar surface area (TPSA) is 86.5 Å². The van der Waals surface area contributed by atoms with Crippen LogP contribution in [-0.4, -0.2) is 26.6 Å². The zero-order valence-corrected chi connectivity index (χ0v) is 8.77. The van der Waals surface area contributed by atoms with Crippen molar-refractivity contribution in [2.75, 3.05) is 5.32 Å². The molecular weight excluding hydrogens is 218 g/mol. The Morgan fingerprint density at radius 3 is 3.06 bits per heavy atom. The summed E-state index contributed by atoms with van der Waals surface area (Å²) in [6.45, 7) is 0. The summed E-state index contributed by atoms with van der Waals surface area (Å²) in [5.41, 5.74) is 3.16. The summed E-state index contributed by atoms with van der Waals surface area (Å²) in [5.74, 6) is 0.717. The zero-order chi connectivity index (χ0) is 11.7. The first-order valence-electron chi connectivity index (χ1n) is 5.06. The minimum atomic E-state index is 0.640. The number of imidazole rings is 1. The van der Waals surface area contributed by atoms with Gasteiger partial charge in [0.15, 0.2) is 0 Å². The van der Waals surface area contributed by atoms with Crippen LogP contribution in [0.15, 0.2) is 30.6 Å². The molecule has 3 N–H and O–H groups in total. The van der Waals surface area contributed by atoms with Crippen LogP contribution >= 0.6 is 0 Å². The Bertz CT molecular complexity index is 656. The van der Waals surface area contributed by atoms with Crippen molar-refractivity contribution >= 4 is 23.1 Å². The largest absolute Gasteiger partial charge is 0.338 e. The first-order valence-corrected chi connectivity index (χ1v) is 5.06. The number of hydrogen-bond donors (Lipinski definition) is 3. The molecule has 0 radical (unpaired) electrons. The molecule has 6 heteroatoms. The van der Waals surface area contributed by atoms with Crippen LogP contribution in [0.5, 0.6) is 0 Å². The van der Waals surface area contributed by atoms with E-state index in [1.807, 2.05) is 12.1 Å². The van der Waals surface area contributed by atoms with Gasteiger partial charge < -0.3 is 10.3 Å². The Labute approximate surface area is 96.1 Å². The molecular formula is C11H9N5O. The average Bonchev–Trinajstić information content (AvgIpc) is 2.98. The number of carbonyl (C=O) groups excluding carboxylic acids is 1. The molecule has 0 atom stereocenters. The van der Waals surface area contributed by atoms with Crippen LogP contribution in [0.2, 0.25) is 0 Å². The zero-order valence-electron chi connectivity index (χ0n) is 8.77. The molecule has 0 saturated carbocycles. The highest BCUT2D eigenvalue weighted by Gasteiger charge is 2.08. The number of H-pyrrole nitrogens is 2. The summed E-state index contributed by atoms with van der Waals surface area (Å²) in [5, 5.41) is 9.22. The second kappa shape index (κ2) is 3.75. The normalized spacial score (nSPS) is 10.6. The molecule has 0 bridgehead atoms. The summed E-state index contributed by atoms with van der Waals surface area (Å²) in [6, 6.07) is 5.56. The number of benzene rings is 1. The summed E-state index contributed by atoms with van der Waals surface area (Å²) < 4.78 is 0. The first kappa shape index (κ1) is 9.59. The number of amides is 1. The fourth-order valence-corrected chi connectivity index (χ4v) is 1.73. The van der Waals surface area contributed by atoms with Gasteiger partial charge in [-0.15, -0.1) is 0 Å². The van der Waals surface area contributed by atoms with E-state index in [0.717, 1.165) is 16.6 Å². The highest BCUT2D eigenvalue weighted by Crippen LogP contribution is 2.24. The van der Waals surface area contributed by atoms with Crippen LogP contribution in [0.4, 0.5) is 5.69 Å². The maximum absolute atomic E-state index is 10.5. The lowest BCUT2D eigenvalue weighted by Crippen LogP contribution is -1.93. The molecule has 3 aromatic rings. The third-order valence-electron chi connectivity index (χ3n) is 2.50. The van der Waals surface area contributed by atoms with Crippen LogP contribution in [0, 0.1) is 0 Å². The number of aromatic nitrogens is 4. The van der Waals surface area contributed by atoms with Gasteiger partial charge in [-0.3, -0.25) is 9.89 Å².